The SMILES string of the molecule is O=COC1CCC(n2cc(-c3c[nH]c4cc(F)ccc34)cn2)CC1. The van der Waals surface area contributed by atoms with Crippen molar-refractivity contribution in [3.05, 3.63) is 42.6 Å². The van der Waals surface area contributed by atoms with Crippen LogP contribution in [-0.2, 0) is 9.53 Å². The number of benzene rings is 1. The van der Waals surface area contributed by atoms with Crippen LogP contribution in [0.1, 0.15) is 31.7 Å². The predicted octanol–water partition coefficient (Wildman–Crippen LogP) is 3.83. The van der Waals surface area contributed by atoms with Gasteiger partial charge in [-0.25, -0.2) is 4.39 Å². The number of ether oxygens (including phenoxy) is 1. The molecule has 24 heavy (non-hydrogen) atoms. The topological polar surface area (TPSA) is 59.9 Å². The quantitative estimate of drug-likeness (QED) is 0.741. The fraction of sp³-hybridized carbons (Fsp3) is 0.333. The van der Waals surface area contributed by atoms with E-state index in [1.807, 2.05) is 23.3 Å². The predicted molar refractivity (Wildman–Crippen MR) is 87.9 cm³/mol. The number of aromatic nitrogens is 3. The van der Waals surface area contributed by atoms with Crippen LogP contribution < -0.4 is 0 Å². The van der Waals surface area contributed by atoms with E-state index in [-0.39, 0.29) is 11.9 Å². The van der Waals surface area contributed by atoms with Crippen LogP contribution in [0.15, 0.2) is 36.8 Å². The molecule has 0 spiro atoms. The summed E-state index contributed by atoms with van der Waals surface area (Å²) in [5.74, 6) is -0.249. The Labute approximate surface area is 138 Å². The zero-order chi connectivity index (χ0) is 16.5. The maximum atomic E-state index is 13.3. The number of halogens is 1. The van der Waals surface area contributed by atoms with E-state index >= 15 is 0 Å². The number of rotatable bonds is 4. The Bertz CT molecular complexity index is 862. The molecule has 0 bridgehead atoms. The number of hydrogen-bond acceptors (Lipinski definition) is 3. The molecular formula is C18H18FN3O2. The number of nitrogens with zero attached hydrogens (tertiary/aromatic N) is 2. The number of H-pyrrole nitrogens is 1. The summed E-state index contributed by atoms with van der Waals surface area (Å²) >= 11 is 0. The van der Waals surface area contributed by atoms with Crippen molar-refractivity contribution < 1.29 is 13.9 Å². The lowest BCUT2D eigenvalue weighted by atomic mass is 9.93. The average molecular weight is 327 g/mol. The van der Waals surface area contributed by atoms with Crippen LogP contribution in [0.2, 0.25) is 0 Å². The summed E-state index contributed by atoms with van der Waals surface area (Å²) in [6.45, 7) is 0.539. The molecule has 0 atom stereocenters. The summed E-state index contributed by atoms with van der Waals surface area (Å²) in [6, 6.07) is 5.08. The van der Waals surface area contributed by atoms with Gasteiger partial charge in [-0.3, -0.25) is 9.48 Å². The Morgan fingerprint density at radius 2 is 2.12 bits per heavy atom. The minimum atomic E-state index is -0.249. The number of carbonyl (C=O) groups is 1. The van der Waals surface area contributed by atoms with Gasteiger partial charge in [-0.1, -0.05) is 0 Å². The minimum absolute atomic E-state index is 0.0392. The second kappa shape index (κ2) is 6.11. The second-order valence-electron chi connectivity index (χ2n) is 6.26. The van der Waals surface area contributed by atoms with E-state index in [1.54, 1.807) is 6.07 Å². The molecule has 6 heteroatoms. The van der Waals surface area contributed by atoms with Crippen molar-refractivity contribution >= 4 is 17.4 Å². The van der Waals surface area contributed by atoms with Crippen LogP contribution in [0.5, 0.6) is 0 Å². The van der Waals surface area contributed by atoms with Crippen molar-refractivity contribution in [2.45, 2.75) is 37.8 Å². The third-order valence-corrected chi connectivity index (χ3v) is 4.82. The highest BCUT2D eigenvalue weighted by molar-refractivity contribution is 5.95. The molecule has 1 aromatic carbocycles. The highest BCUT2D eigenvalue weighted by Crippen LogP contribution is 2.33. The van der Waals surface area contributed by atoms with E-state index in [0.717, 1.165) is 47.7 Å². The Kier molecular flexibility index (Phi) is 3.80. The molecule has 0 saturated heterocycles. The van der Waals surface area contributed by atoms with Crippen LogP contribution in [0.4, 0.5) is 4.39 Å². The second-order valence-corrected chi connectivity index (χ2v) is 6.26. The summed E-state index contributed by atoms with van der Waals surface area (Å²) in [4.78, 5) is 13.5. The first-order valence-electron chi connectivity index (χ1n) is 8.15. The van der Waals surface area contributed by atoms with Gasteiger partial charge in [0.05, 0.1) is 12.2 Å². The largest absolute Gasteiger partial charge is 0.465 e. The summed E-state index contributed by atoms with van der Waals surface area (Å²) in [7, 11) is 0. The van der Waals surface area contributed by atoms with E-state index in [2.05, 4.69) is 10.1 Å². The fourth-order valence-electron chi connectivity index (χ4n) is 3.54. The summed E-state index contributed by atoms with van der Waals surface area (Å²) in [6.07, 6.45) is 9.43. The molecule has 1 N–H and O–H groups in total. The van der Waals surface area contributed by atoms with Gasteiger partial charge in [0.2, 0.25) is 0 Å². The highest BCUT2D eigenvalue weighted by Gasteiger charge is 2.24. The van der Waals surface area contributed by atoms with Gasteiger partial charge in [-0.2, -0.15) is 5.10 Å². The van der Waals surface area contributed by atoms with Crippen LogP contribution in [0.3, 0.4) is 0 Å². The van der Waals surface area contributed by atoms with E-state index in [9.17, 15) is 9.18 Å². The number of carbonyl (C=O) groups excluding carboxylic acids is 1. The highest BCUT2D eigenvalue weighted by atomic mass is 19.1. The van der Waals surface area contributed by atoms with Crippen LogP contribution in [0.25, 0.3) is 22.0 Å². The molecule has 5 nitrogen and oxygen atoms in total. The van der Waals surface area contributed by atoms with E-state index in [4.69, 9.17) is 4.74 Å². The number of aromatic amines is 1. The van der Waals surface area contributed by atoms with E-state index in [1.165, 1.54) is 12.1 Å². The van der Waals surface area contributed by atoms with Crippen molar-refractivity contribution in [1.82, 2.24) is 14.8 Å². The fourth-order valence-corrected chi connectivity index (χ4v) is 3.54. The lowest BCUT2D eigenvalue weighted by Crippen LogP contribution is -2.23. The molecule has 0 radical (unpaired) electrons. The molecule has 124 valence electrons. The zero-order valence-electron chi connectivity index (χ0n) is 13.1. The van der Waals surface area contributed by atoms with Gasteiger partial charge >= 0.3 is 0 Å². The van der Waals surface area contributed by atoms with E-state index in [0.29, 0.717) is 12.5 Å². The maximum absolute atomic E-state index is 13.3. The first-order valence-corrected chi connectivity index (χ1v) is 8.15. The van der Waals surface area contributed by atoms with Gasteiger partial charge in [-0.05, 0) is 43.9 Å². The van der Waals surface area contributed by atoms with Crippen molar-refractivity contribution in [3.8, 4) is 11.1 Å². The van der Waals surface area contributed by atoms with Gasteiger partial charge in [0.25, 0.3) is 6.47 Å². The molecular weight excluding hydrogens is 309 g/mol. The van der Waals surface area contributed by atoms with Crippen molar-refractivity contribution in [1.29, 1.82) is 0 Å². The summed E-state index contributed by atoms with van der Waals surface area (Å²) in [5.41, 5.74) is 2.82. The van der Waals surface area contributed by atoms with Gasteiger partial charge < -0.3 is 9.72 Å². The van der Waals surface area contributed by atoms with E-state index < -0.39 is 0 Å². The summed E-state index contributed by atoms with van der Waals surface area (Å²) < 4.78 is 20.4. The molecule has 4 rings (SSSR count). The summed E-state index contributed by atoms with van der Waals surface area (Å²) in [5, 5.41) is 5.49. The molecule has 0 aliphatic heterocycles. The lowest BCUT2D eigenvalue weighted by molar-refractivity contribution is -0.135. The standard InChI is InChI=1S/C18H18FN3O2/c19-13-1-6-16-17(9-20-18(16)7-13)12-8-21-22(10-12)14-2-4-15(5-3-14)24-11-23/h1,6-11,14-15,20H,2-5H2. The van der Waals surface area contributed by atoms with Gasteiger partial charge in [0.1, 0.15) is 11.9 Å². The van der Waals surface area contributed by atoms with Gasteiger partial charge in [-0.15, -0.1) is 0 Å². The number of hydrogen-bond donors (Lipinski definition) is 1. The zero-order valence-corrected chi connectivity index (χ0v) is 13.1. The molecule has 1 aliphatic rings. The Balaban J connectivity index is 1.55. The van der Waals surface area contributed by atoms with Crippen LogP contribution >= 0.6 is 0 Å². The Hall–Kier alpha value is -2.63. The number of nitrogens with one attached hydrogen (secondary N) is 1. The van der Waals surface area contributed by atoms with Crippen LogP contribution in [0, 0.1) is 5.82 Å². The van der Waals surface area contributed by atoms with Crippen LogP contribution in [-0.4, -0.2) is 27.3 Å². The Morgan fingerprint density at radius 3 is 2.92 bits per heavy atom. The normalized spacial score (nSPS) is 21.0. The smallest absolute Gasteiger partial charge is 0.293 e. The van der Waals surface area contributed by atoms with Gasteiger partial charge in [0.15, 0.2) is 0 Å². The third kappa shape index (κ3) is 2.68. The first-order chi connectivity index (χ1) is 11.7. The first kappa shape index (κ1) is 14.9. The molecule has 2 heterocycles. The molecule has 1 fully saturated rings. The third-order valence-electron chi connectivity index (χ3n) is 4.82. The van der Waals surface area contributed by atoms with Gasteiger partial charge in [0, 0.05) is 34.4 Å². The molecule has 2 aromatic heterocycles. The molecule has 0 amide bonds. The molecule has 0 unspecified atom stereocenters. The monoisotopic (exact) mass is 327 g/mol. The lowest BCUT2D eigenvalue weighted by Gasteiger charge is -2.27. The Morgan fingerprint density at radius 1 is 1.29 bits per heavy atom. The average Bonchev–Trinajstić information content (AvgIpc) is 3.22. The van der Waals surface area contributed by atoms with Crippen molar-refractivity contribution in [3.63, 3.8) is 0 Å². The maximum Gasteiger partial charge on any atom is 0.293 e. The van der Waals surface area contributed by atoms with Crippen molar-refractivity contribution in [2.75, 3.05) is 0 Å². The molecule has 1 saturated carbocycles. The van der Waals surface area contributed by atoms with Crippen molar-refractivity contribution in [2.24, 2.45) is 0 Å². The molecule has 1 aliphatic carbocycles. The minimum Gasteiger partial charge on any atom is -0.465 e. The number of fused-ring (bicyclic) bond motifs is 1. The molecule has 3 aromatic rings.